The first kappa shape index (κ1) is 19.7. The zero-order valence-corrected chi connectivity index (χ0v) is 16.7. The number of aromatic nitrogens is 2. The second kappa shape index (κ2) is 8.39. The molecule has 1 unspecified atom stereocenters. The molecule has 1 aliphatic rings. The van der Waals surface area contributed by atoms with Crippen LogP contribution in [0.25, 0.3) is 0 Å². The van der Waals surface area contributed by atoms with Crippen LogP contribution in [0, 0.1) is 5.82 Å². The zero-order chi connectivity index (χ0) is 20.4. The molecule has 3 aromatic rings. The van der Waals surface area contributed by atoms with Gasteiger partial charge in [0.1, 0.15) is 11.6 Å². The molecule has 4 rings (SSSR count). The largest absolute Gasteiger partial charge is 0.422 e. The summed E-state index contributed by atoms with van der Waals surface area (Å²) >= 11 is 12.0. The van der Waals surface area contributed by atoms with Crippen molar-refractivity contribution in [3.8, 4) is 11.8 Å². The fourth-order valence-electron chi connectivity index (χ4n) is 3.24. The van der Waals surface area contributed by atoms with Crippen LogP contribution >= 0.6 is 23.2 Å². The third-order valence-electron chi connectivity index (χ3n) is 4.65. The minimum Gasteiger partial charge on any atom is -0.422 e. The first-order valence-corrected chi connectivity index (χ1v) is 9.76. The first-order chi connectivity index (χ1) is 14.0. The van der Waals surface area contributed by atoms with Crippen molar-refractivity contribution in [3.63, 3.8) is 0 Å². The van der Waals surface area contributed by atoms with Crippen molar-refractivity contribution in [1.82, 2.24) is 15.0 Å². The van der Waals surface area contributed by atoms with Crippen LogP contribution in [0.3, 0.4) is 0 Å². The smallest absolute Gasteiger partial charge is 0.359 e. The summed E-state index contributed by atoms with van der Waals surface area (Å²) in [6.45, 7) is 1.05. The molecule has 2 aromatic carbocycles. The predicted molar refractivity (Wildman–Crippen MR) is 105 cm³/mol. The van der Waals surface area contributed by atoms with Crippen molar-refractivity contribution < 1.29 is 18.4 Å². The van der Waals surface area contributed by atoms with E-state index in [1.54, 1.807) is 29.2 Å². The summed E-state index contributed by atoms with van der Waals surface area (Å²) in [6.07, 6.45) is 1.59. The highest BCUT2D eigenvalue weighted by molar-refractivity contribution is 6.42. The standard InChI is InChI=1S/C20H16Cl2FN3O3/c21-16-7-6-12(9-17(16)22)19(27)26-8-2-3-13(11-26)18-24-20(25-29-18)28-15-5-1-4-14(23)10-15/h1,4-7,9-10,13H,2-3,8,11H2. The second-order valence-corrected chi connectivity index (χ2v) is 7.51. The maximum absolute atomic E-state index is 13.3. The van der Waals surface area contributed by atoms with E-state index in [1.165, 1.54) is 18.2 Å². The summed E-state index contributed by atoms with van der Waals surface area (Å²) in [4.78, 5) is 18.8. The Morgan fingerprint density at radius 2 is 2.07 bits per heavy atom. The Bertz CT molecular complexity index is 1040. The quantitative estimate of drug-likeness (QED) is 0.553. The lowest BCUT2D eigenvalue weighted by molar-refractivity contribution is 0.0695. The Hall–Kier alpha value is -2.64. The van der Waals surface area contributed by atoms with Gasteiger partial charge >= 0.3 is 6.01 Å². The van der Waals surface area contributed by atoms with Crippen molar-refractivity contribution in [2.45, 2.75) is 18.8 Å². The highest BCUT2D eigenvalue weighted by atomic mass is 35.5. The molecule has 1 aliphatic heterocycles. The van der Waals surface area contributed by atoms with E-state index in [2.05, 4.69) is 10.1 Å². The number of carbonyl (C=O) groups is 1. The molecule has 1 aromatic heterocycles. The van der Waals surface area contributed by atoms with Gasteiger partial charge in [0.25, 0.3) is 5.91 Å². The van der Waals surface area contributed by atoms with Gasteiger partial charge in [-0.15, -0.1) is 0 Å². The lowest BCUT2D eigenvalue weighted by Crippen LogP contribution is -2.39. The molecule has 0 spiro atoms. The van der Waals surface area contributed by atoms with Crippen LogP contribution < -0.4 is 4.74 Å². The molecule has 0 N–H and O–H groups in total. The molecule has 0 aliphatic carbocycles. The van der Waals surface area contributed by atoms with E-state index in [9.17, 15) is 9.18 Å². The van der Waals surface area contributed by atoms with Crippen LogP contribution in [0.4, 0.5) is 4.39 Å². The summed E-state index contributed by atoms with van der Waals surface area (Å²) in [6, 6.07) is 10.5. The summed E-state index contributed by atoms with van der Waals surface area (Å²) in [5.41, 5.74) is 0.473. The zero-order valence-electron chi connectivity index (χ0n) is 15.1. The molecule has 1 atom stereocenters. The van der Waals surface area contributed by atoms with Gasteiger partial charge in [0, 0.05) is 24.7 Å². The van der Waals surface area contributed by atoms with Gasteiger partial charge in [0.05, 0.1) is 16.0 Å². The second-order valence-electron chi connectivity index (χ2n) is 6.69. The Labute approximate surface area is 176 Å². The average molecular weight is 436 g/mol. The van der Waals surface area contributed by atoms with Crippen molar-refractivity contribution >= 4 is 29.1 Å². The number of halogens is 3. The van der Waals surface area contributed by atoms with Crippen LogP contribution in [0.15, 0.2) is 47.0 Å². The lowest BCUT2D eigenvalue weighted by atomic mass is 9.97. The van der Waals surface area contributed by atoms with E-state index < -0.39 is 5.82 Å². The third kappa shape index (κ3) is 4.52. The van der Waals surface area contributed by atoms with E-state index in [1.807, 2.05) is 0 Å². The van der Waals surface area contributed by atoms with Gasteiger partial charge in [-0.3, -0.25) is 4.79 Å². The maximum Gasteiger partial charge on any atom is 0.359 e. The SMILES string of the molecule is O=C(c1ccc(Cl)c(Cl)c1)N1CCCC(c2nc(Oc3cccc(F)c3)no2)C1. The highest BCUT2D eigenvalue weighted by Gasteiger charge is 2.29. The number of piperidine rings is 1. The van der Waals surface area contributed by atoms with Crippen LogP contribution in [0.5, 0.6) is 11.8 Å². The molecular formula is C20H16Cl2FN3O3. The minimum absolute atomic E-state index is 0.00136. The van der Waals surface area contributed by atoms with Gasteiger partial charge in [-0.2, -0.15) is 4.98 Å². The van der Waals surface area contributed by atoms with Crippen molar-refractivity contribution in [2.24, 2.45) is 0 Å². The maximum atomic E-state index is 13.3. The van der Waals surface area contributed by atoms with Crippen LogP contribution in [0.1, 0.15) is 35.0 Å². The number of rotatable bonds is 4. The fraction of sp³-hybridized carbons (Fsp3) is 0.250. The van der Waals surface area contributed by atoms with Gasteiger partial charge in [-0.05, 0) is 48.3 Å². The molecule has 150 valence electrons. The molecule has 6 nitrogen and oxygen atoms in total. The van der Waals surface area contributed by atoms with E-state index in [0.29, 0.717) is 34.6 Å². The number of hydrogen-bond acceptors (Lipinski definition) is 5. The summed E-state index contributed by atoms with van der Waals surface area (Å²) in [5, 5.41) is 4.53. The van der Waals surface area contributed by atoms with E-state index in [-0.39, 0.29) is 23.6 Å². The minimum atomic E-state index is -0.421. The van der Waals surface area contributed by atoms with Crippen molar-refractivity contribution in [1.29, 1.82) is 0 Å². The van der Waals surface area contributed by atoms with Gasteiger partial charge < -0.3 is 14.2 Å². The Kier molecular flexibility index (Phi) is 5.69. The van der Waals surface area contributed by atoms with Gasteiger partial charge in [0.15, 0.2) is 0 Å². The molecule has 0 saturated carbocycles. The monoisotopic (exact) mass is 435 g/mol. The van der Waals surface area contributed by atoms with E-state index >= 15 is 0 Å². The van der Waals surface area contributed by atoms with Crippen molar-refractivity contribution in [2.75, 3.05) is 13.1 Å². The third-order valence-corrected chi connectivity index (χ3v) is 5.39. The van der Waals surface area contributed by atoms with Gasteiger partial charge in [-0.1, -0.05) is 29.3 Å². The topological polar surface area (TPSA) is 68.5 Å². The molecule has 1 saturated heterocycles. The summed E-state index contributed by atoms with van der Waals surface area (Å²) in [5.74, 6) is -0.0211. The van der Waals surface area contributed by atoms with Gasteiger partial charge in [0.2, 0.25) is 5.89 Å². The first-order valence-electron chi connectivity index (χ1n) is 9.01. The molecule has 0 radical (unpaired) electrons. The Balaban J connectivity index is 1.45. The normalized spacial score (nSPS) is 16.7. The summed E-state index contributed by atoms with van der Waals surface area (Å²) in [7, 11) is 0. The summed E-state index contributed by atoms with van der Waals surface area (Å²) < 4.78 is 24.0. The van der Waals surface area contributed by atoms with E-state index in [4.69, 9.17) is 32.5 Å². The number of likely N-dealkylation sites (tertiary alicyclic amines) is 1. The number of amides is 1. The van der Waals surface area contributed by atoms with Crippen LogP contribution in [-0.4, -0.2) is 34.0 Å². The molecule has 0 bridgehead atoms. The molecule has 9 heteroatoms. The molecule has 1 amide bonds. The van der Waals surface area contributed by atoms with E-state index in [0.717, 1.165) is 12.8 Å². The lowest BCUT2D eigenvalue weighted by Gasteiger charge is -2.31. The highest BCUT2D eigenvalue weighted by Crippen LogP contribution is 2.30. The van der Waals surface area contributed by atoms with Gasteiger partial charge in [-0.25, -0.2) is 4.39 Å². The molecule has 1 fully saturated rings. The number of hydrogen-bond donors (Lipinski definition) is 0. The molecule has 2 heterocycles. The van der Waals surface area contributed by atoms with Crippen LogP contribution in [0.2, 0.25) is 10.0 Å². The van der Waals surface area contributed by atoms with Crippen molar-refractivity contribution in [3.05, 3.63) is 69.8 Å². The predicted octanol–water partition coefficient (Wildman–Crippen LogP) is 5.33. The Morgan fingerprint density at radius 3 is 2.86 bits per heavy atom. The number of nitrogens with zero attached hydrogens (tertiary/aromatic N) is 3. The Morgan fingerprint density at radius 1 is 1.21 bits per heavy atom. The average Bonchev–Trinajstić information content (AvgIpc) is 3.18. The number of carbonyl (C=O) groups excluding carboxylic acids is 1. The van der Waals surface area contributed by atoms with Crippen LogP contribution in [-0.2, 0) is 0 Å². The number of ether oxygens (including phenoxy) is 1. The molecular weight excluding hydrogens is 420 g/mol. The number of benzene rings is 2. The molecule has 29 heavy (non-hydrogen) atoms. The fourth-order valence-corrected chi connectivity index (χ4v) is 3.54.